The van der Waals surface area contributed by atoms with E-state index in [1.807, 2.05) is 0 Å². The van der Waals surface area contributed by atoms with Crippen LogP contribution in [0.1, 0.15) is 12.6 Å². The fraction of sp³-hybridized carbons (Fsp3) is 0.200. The summed E-state index contributed by atoms with van der Waals surface area (Å²) in [6.45, 7) is 1.99. The average Bonchev–Trinajstić information content (AvgIpc) is 2.25. The van der Waals surface area contributed by atoms with Gasteiger partial charge in [0.15, 0.2) is 0 Å². The van der Waals surface area contributed by atoms with E-state index in [1.54, 1.807) is 13.0 Å². The molecule has 1 heterocycles. The van der Waals surface area contributed by atoms with E-state index in [1.165, 1.54) is 6.20 Å². The lowest BCUT2D eigenvalue weighted by molar-refractivity contribution is -0.136. The number of rotatable bonds is 3. The van der Waals surface area contributed by atoms with Gasteiger partial charge in [-0.05, 0) is 28.9 Å². The smallest absolute Gasteiger partial charge is 0.341 e. The van der Waals surface area contributed by atoms with Crippen molar-refractivity contribution < 1.29 is 9.53 Å². The molecule has 16 heavy (non-hydrogen) atoms. The molecule has 0 aromatic carbocycles. The molecular formula is C10H10BrClN2O2. The number of nitrogens with two attached hydrogens (primary N) is 1. The number of hydrogen-bond acceptors (Lipinski definition) is 4. The van der Waals surface area contributed by atoms with Crippen LogP contribution in [0.25, 0.3) is 5.57 Å². The second-order valence-electron chi connectivity index (χ2n) is 2.78. The third-order valence-electron chi connectivity index (χ3n) is 1.75. The first-order chi connectivity index (χ1) is 7.60. The normalized spacial score (nSPS) is 11.3. The SMILES string of the molecule is CCOC(=O)/C(=C/N)c1cc(Cl)c(Br)cn1. The number of pyridine rings is 1. The highest BCUT2D eigenvalue weighted by molar-refractivity contribution is 9.10. The molecule has 0 aliphatic rings. The van der Waals surface area contributed by atoms with Crippen molar-refractivity contribution in [2.24, 2.45) is 5.73 Å². The maximum Gasteiger partial charge on any atom is 0.341 e. The molecule has 4 nitrogen and oxygen atoms in total. The minimum absolute atomic E-state index is 0.191. The third kappa shape index (κ3) is 2.96. The van der Waals surface area contributed by atoms with Gasteiger partial charge < -0.3 is 10.5 Å². The number of carbonyl (C=O) groups is 1. The molecule has 0 aliphatic carbocycles. The number of hydrogen-bond donors (Lipinski definition) is 1. The van der Waals surface area contributed by atoms with E-state index in [0.29, 0.717) is 15.2 Å². The zero-order valence-electron chi connectivity index (χ0n) is 8.54. The van der Waals surface area contributed by atoms with Gasteiger partial charge in [-0.25, -0.2) is 4.79 Å². The van der Waals surface area contributed by atoms with Gasteiger partial charge in [0.05, 0.1) is 21.8 Å². The van der Waals surface area contributed by atoms with Crippen LogP contribution in [0.2, 0.25) is 5.02 Å². The Hall–Kier alpha value is -1.07. The summed E-state index contributed by atoms with van der Waals surface area (Å²) in [5.41, 5.74) is 5.94. The Bertz CT molecular complexity index is 435. The predicted molar refractivity (Wildman–Crippen MR) is 65.7 cm³/mol. The van der Waals surface area contributed by atoms with Crippen LogP contribution in [0.5, 0.6) is 0 Å². The second-order valence-corrected chi connectivity index (χ2v) is 4.05. The summed E-state index contributed by atoms with van der Waals surface area (Å²) in [6, 6.07) is 1.54. The van der Waals surface area contributed by atoms with E-state index in [9.17, 15) is 4.79 Å². The summed E-state index contributed by atoms with van der Waals surface area (Å²) in [5.74, 6) is -0.518. The van der Waals surface area contributed by atoms with E-state index in [0.717, 1.165) is 6.20 Å². The zero-order chi connectivity index (χ0) is 12.1. The van der Waals surface area contributed by atoms with Crippen molar-refractivity contribution in [1.29, 1.82) is 0 Å². The molecule has 1 aromatic heterocycles. The molecule has 1 aromatic rings. The molecule has 0 spiro atoms. The molecule has 86 valence electrons. The quantitative estimate of drug-likeness (QED) is 0.688. The zero-order valence-corrected chi connectivity index (χ0v) is 10.9. The van der Waals surface area contributed by atoms with E-state index in [-0.39, 0.29) is 12.2 Å². The van der Waals surface area contributed by atoms with Crippen LogP contribution < -0.4 is 5.73 Å². The van der Waals surface area contributed by atoms with Gasteiger partial charge >= 0.3 is 5.97 Å². The van der Waals surface area contributed by atoms with E-state index < -0.39 is 5.97 Å². The van der Waals surface area contributed by atoms with Gasteiger partial charge in [0, 0.05) is 12.4 Å². The molecule has 0 radical (unpaired) electrons. The van der Waals surface area contributed by atoms with Crippen molar-refractivity contribution in [3.05, 3.63) is 33.7 Å². The van der Waals surface area contributed by atoms with Gasteiger partial charge in [-0.15, -0.1) is 0 Å². The van der Waals surface area contributed by atoms with Crippen molar-refractivity contribution >= 4 is 39.1 Å². The molecule has 0 saturated heterocycles. The van der Waals surface area contributed by atoms with Crippen LogP contribution in [0, 0.1) is 0 Å². The van der Waals surface area contributed by atoms with Crippen LogP contribution in [0.4, 0.5) is 0 Å². The van der Waals surface area contributed by atoms with Crippen LogP contribution in [0.15, 0.2) is 22.9 Å². The number of ether oxygens (including phenoxy) is 1. The standard InChI is InChI=1S/C10H10BrClN2O2/c1-2-16-10(15)6(4-13)9-3-8(12)7(11)5-14-9/h3-5H,2,13H2,1H3/b6-4+. The average molecular weight is 306 g/mol. The van der Waals surface area contributed by atoms with Gasteiger partial charge in [-0.1, -0.05) is 11.6 Å². The first kappa shape index (κ1) is 13.0. The highest BCUT2D eigenvalue weighted by atomic mass is 79.9. The van der Waals surface area contributed by atoms with Crippen molar-refractivity contribution in [3.8, 4) is 0 Å². The molecule has 6 heteroatoms. The van der Waals surface area contributed by atoms with Gasteiger partial charge in [-0.2, -0.15) is 0 Å². The number of esters is 1. The Morgan fingerprint density at radius 3 is 2.94 bits per heavy atom. The molecule has 0 saturated carbocycles. The number of carbonyl (C=O) groups excluding carboxylic acids is 1. The molecule has 2 N–H and O–H groups in total. The third-order valence-corrected chi connectivity index (χ3v) is 2.92. The summed E-state index contributed by atoms with van der Waals surface area (Å²) in [4.78, 5) is 15.5. The second kappa shape index (κ2) is 5.86. The maximum absolute atomic E-state index is 11.5. The van der Waals surface area contributed by atoms with Crippen molar-refractivity contribution in [1.82, 2.24) is 4.98 Å². The van der Waals surface area contributed by atoms with E-state index >= 15 is 0 Å². The van der Waals surface area contributed by atoms with E-state index in [4.69, 9.17) is 22.1 Å². The summed E-state index contributed by atoms with van der Waals surface area (Å²) in [6.07, 6.45) is 2.66. The minimum atomic E-state index is -0.518. The van der Waals surface area contributed by atoms with Crippen LogP contribution >= 0.6 is 27.5 Å². The maximum atomic E-state index is 11.5. The highest BCUT2D eigenvalue weighted by Gasteiger charge is 2.15. The van der Waals surface area contributed by atoms with Crippen molar-refractivity contribution in [3.63, 3.8) is 0 Å². The molecule has 0 amide bonds. The first-order valence-electron chi connectivity index (χ1n) is 4.50. The number of aromatic nitrogens is 1. The topological polar surface area (TPSA) is 65.2 Å². The van der Waals surface area contributed by atoms with Gasteiger partial charge in [-0.3, -0.25) is 4.98 Å². The van der Waals surface area contributed by atoms with E-state index in [2.05, 4.69) is 20.9 Å². The summed E-state index contributed by atoms with van der Waals surface area (Å²) in [5, 5.41) is 0.452. The van der Waals surface area contributed by atoms with Crippen LogP contribution in [0.3, 0.4) is 0 Å². The molecule has 0 atom stereocenters. The van der Waals surface area contributed by atoms with Gasteiger partial charge in [0.25, 0.3) is 0 Å². The number of nitrogens with zero attached hydrogens (tertiary/aromatic N) is 1. The van der Waals surface area contributed by atoms with Gasteiger partial charge in [0.2, 0.25) is 0 Å². The molecule has 0 unspecified atom stereocenters. The van der Waals surface area contributed by atoms with Crippen molar-refractivity contribution in [2.75, 3.05) is 6.61 Å². The molecule has 0 bridgehead atoms. The fourth-order valence-corrected chi connectivity index (χ4v) is 1.40. The van der Waals surface area contributed by atoms with Crippen molar-refractivity contribution in [2.45, 2.75) is 6.92 Å². The largest absolute Gasteiger partial charge is 0.462 e. The molecule has 0 fully saturated rings. The Balaban J connectivity index is 3.06. The highest BCUT2D eigenvalue weighted by Crippen LogP contribution is 2.24. The molecule has 0 aliphatic heterocycles. The lowest BCUT2D eigenvalue weighted by Crippen LogP contribution is -2.09. The summed E-state index contributed by atoms with van der Waals surface area (Å²) in [7, 11) is 0. The monoisotopic (exact) mass is 304 g/mol. The van der Waals surface area contributed by atoms with Crippen LogP contribution in [-0.2, 0) is 9.53 Å². The Morgan fingerprint density at radius 1 is 1.75 bits per heavy atom. The minimum Gasteiger partial charge on any atom is -0.462 e. The Morgan fingerprint density at radius 2 is 2.44 bits per heavy atom. The summed E-state index contributed by atoms with van der Waals surface area (Å²) >= 11 is 9.10. The molecular weight excluding hydrogens is 295 g/mol. The first-order valence-corrected chi connectivity index (χ1v) is 5.67. The predicted octanol–water partition coefficient (Wildman–Crippen LogP) is 2.36. The number of halogens is 2. The van der Waals surface area contributed by atoms with Gasteiger partial charge in [0.1, 0.15) is 5.57 Å². The Labute approximate surface area is 107 Å². The molecule has 1 rings (SSSR count). The van der Waals surface area contributed by atoms with Crippen LogP contribution in [-0.4, -0.2) is 17.6 Å². The summed E-state index contributed by atoms with van der Waals surface area (Å²) < 4.78 is 5.49. The Kier molecular flexibility index (Phi) is 4.76. The fourth-order valence-electron chi connectivity index (χ4n) is 1.03. The lowest BCUT2D eigenvalue weighted by atomic mass is 10.2. The lowest BCUT2D eigenvalue weighted by Gasteiger charge is -2.06.